The first-order chi connectivity index (χ1) is 9.77. The van der Waals surface area contributed by atoms with E-state index in [1.807, 2.05) is 24.3 Å². The lowest BCUT2D eigenvalue weighted by atomic mass is 10.0. The monoisotopic (exact) mass is 272 g/mol. The van der Waals surface area contributed by atoms with E-state index in [0.717, 1.165) is 50.9 Å². The van der Waals surface area contributed by atoms with Crippen molar-refractivity contribution >= 4 is 17.5 Å². The summed E-state index contributed by atoms with van der Waals surface area (Å²) >= 11 is 0. The second kappa shape index (κ2) is 5.65. The zero-order valence-corrected chi connectivity index (χ0v) is 11.7. The lowest BCUT2D eigenvalue weighted by molar-refractivity contribution is -0.145. The minimum Gasteiger partial charge on any atom is -0.334 e. The average Bonchev–Trinajstić information content (AvgIpc) is 2.54. The standard InChI is InChI=1S/C16H20N2O2/c19-15(17-10-4-1-5-11-17)16(20)18-12-6-8-13-7-2-3-9-14(13)18/h2-3,7,9H,1,4-6,8,10-12H2. The maximum Gasteiger partial charge on any atom is 0.316 e. The van der Waals surface area contributed by atoms with Gasteiger partial charge >= 0.3 is 11.8 Å². The minimum atomic E-state index is -0.362. The summed E-state index contributed by atoms with van der Waals surface area (Å²) in [6.45, 7) is 2.09. The van der Waals surface area contributed by atoms with Gasteiger partial charge < -0.3 is 9.80 Å². The predicted octanol–water partition coefficient (Wildman–Crippen LogP) is 1.98. The molecule has 2 amide bonds. The van der Waals surface area contributed by atoms with Crippen LogP contribution < -0.4 is 4.90 Å². The van der Waals surface area contributed by atoms with Gasteiger partial charge in [-0.15, -0.1) is 0 Å². The quantitative estimate of drug-likeness (QED) is 0.678. The third-order valence-electron chi connectivity index (χ3n) is 4.18. The number of benzene rings is 1. The maximum atomic E-state index is 12.5. The smallest absolute Gasteiger partial charge is 0.316 e. The van der Waals surface area contributed by atoms with Gasteiger partial charge in [-0.3, -0.25) is 9.59 Å². The molecule has 2 aliphatic rings. The molecule has 4 nitrogen and oxygen atoms in total. The first kappa shape index (κ1) is 13.2. The van der Waals surface area contributed by atoms with Gasteiger partial charge in [-0.1, -0.05) is 18.2 Å². The van der Waals surface area contributed by atoms with Crippen LogP contribution in [-0.2, 0) is 16.0 Å². The second-order valence-electron chi connectivity index (χ2n) is 5.54. The summed E-state index contributed by atoms with van der Waals surface area (Å²) in [7, 11) is 0. The van der Waals surface area contributed by atoms with Crippen LogP contribution in [0.4, 0.5) is 5.69 Å². The van der Waals surface area contributed by atoms with Crippen molar-refractivity contribution in [2.75, 3.05) is 24.5 Å². The van der Waals surface area contributed by atoms with Gasteiger partial charge in [-0.05, 0) is 43.7 Å². The first-order valence-corrected chi connectivity index (χ1v) is 7.46. The molecule has 4 heteroatoms. The number of carbonyl (C=O) groups excluding carboxylic acids is 2. The SMILES string of the molecule is O=C(C(=O)N1CCCc2ccccc21)N1CCCCC1. The molecule has 2 aliphatic heterocycles. The Morgan fingerprint density at radius 1 is 0.850 bits per heavy atom. The van der Waals surface area contributed by atoms with Crippen LogP contribution >= 0.6 is 0 Å². The summed E-state index contributed by atoms with van der Waals surface area (Å²) in [6, 6.07) is 7.89. The molecule has 0 unspecified atom stereocenters. The molecule has 0 N–H and O–H groups in total. The van der Waals surface area contributed by atoms with E-state index >= 15 is 0 Å². The number of carbonyl (C=O) groups is 2. The summed E-state index contributed by atoms with van der Waals surface area (Å²) in [6.07, 6.45) is 5.09. The fourth-order valence-electron chi connectivity index (χ4n) is 3.09. The van der Waals surface area contributed by atoms with Crippen molar-refractivity contribution in [3.8, 4) is 0 Å². The molecule has 2 heterocycles. The van der Waals surface area contributed by atoms with Gasteiger partial charge in [-0.2, -0.15) is 0 Å². The van der Waals surface area contributed by atoms with Crippen LogP contribution in [0.25, 0.3) is 0 Å². The number of anilines is 1. The molecule has 1 aromatic rings. The largest absolute Gasteiger partial charge is 0.334 e. The van der Waals surface area contributed by atoms with Crippen molar-refractivity contribution in [2.24, 2.45) is 0 Å². The van der Waals surface area contributed by atoms with Crippen molar-refractivity contribution in [1.82, 2.24) is 4.90 Å². The average molecular weight is 272 g/mol. The summed E-state index contributed by atoms with van der Waals surface area (Å²) in [5.41, 5.74) is 2.08. The van der Waals surface area contributed by atoms with Gasteiger partial charge in [-0.25, -0.2) is 0 Å². The lowest BCUT2D eigenvalue weighted by Gasteiger charge is -2.32. The van der Waals surface area contributed by atoms with E-state index in [1.165, 1.54) is 5.56 Å². The number of rotatable bonds is 0. The van der Waals surface area contributed by atoms with E-state index in [4.69, 9.17) is 0 Å². The van der Waals surface area contributed by atoms with Crippen LogP contribution in [0.5, 0.6) is 0 Å². The molecule has 0 bridgehead atoms. The number of likely N-dealkylation sites (tertiary alicyclic amines) is 1. The third-order valence-corrected chi connectivity index (χ3v) is 4.18. The highest BCUT2D eigenvalue weighted by Gasteiger charge is 2.30. The van der Waals surface area contributed by atoms with Crippen molar-refractivity contribution < 1.29 is 9.59 Å². The van der Waals surface area contributed by atoms with E-state index in [2.05, 4.69) is 0 Å². The number of hydrogen-bond acceptors (Lipinski definition) is 2. The molecule has 0 atom stereocenters. The van der Waals surface area contributed by atoms with Crippen LogP contribution in [0.15, 0.2) is 24.3 Å². The molecule has 0 aromatic heterocycles. The summed E-state index contributed by atoms with van der Waals surface area (Å²) in [4.78, 5) is 28.2. The highest BCUT2D eigenvalue weighted by molar-refractivity contribution is 6.40. The molecule has 0 saturated carbocycles. The highest BCUT2D eigenvalue weighted by Crippen LogP contribution is 2.27. The zero-order chi connectivity index (χ0) is 13.9. The Morgan fingerprint density at radius 2 is 1.60 bits per heavy atom. The summed E-state index contributed by atoms with van der Waals surface area (Å²) in [5.74, 6) is -0.694. The van der Waals surface area contributed by atoms with Crippen LogP contribution in [0.2, 0.25) is 0 Å². The maximum absolute atomic E-state index is 12.5. The molecule has 1 fully saturated rings. The Labute approximate surface area is 119 Å². The number of piperidine rings is 1. The molecule has 1 aromatic carbocycles. The Hall–Kier alpha value is -1.84. The number of aryl methyl sites for hydroxylation is 1. The number of amides is 2. The number of para-hydroxylation sites is 1. The van der Waals surface area contributed by atoms with Crippen molar-refractivity contribution in [2.45, 2.75) is 32.1 Å². The Kier molecular flexibility index (Phi) is 3.72. The number of fused-ring (bicyclic) bond motifs is 1. The van der Waals surface area contributed by atoms with Crippen LogP contribution in [0.3, 0.4) is 0 Å². The number of hydrogen-bond donors (Lipinski definition) is 0. The molecule has 20 heavy (non-hydrogen) atoms. The van der Waals surface area contributed by atoms with Gasteiger partial charge in [0.25, 0.3) is 0 Å². The van der Waals surface area contributed by atoms with Crippen molar-refractivity contribution in [3.63, 3.8) is 0 Å². The molecule has 0 spiro atoms. The van der Waals surface area contributed by atoms with Gasteiger partial charge in [0, 0.05) is 25.3 Å². The highest BCUT2D eigenvalue weighted by atomic mass is 16.2. The molecule has 0 radical (unpaired) electrons. The zero-order valence-electron chi connectivity index (χ0n) is 11.7. The molecule has 1 saturated heterocycles. The van der Waals surface area contributed by atoms with Gasteiger partial charge in [0.2, 0.25) is 0 Å². The summed E-state index contributed by atoms with van der Waals surface area (Å²) < 4.78 is 0. The van der Waals surface area contributed by atoms with E-state index < -0.39 is 0 Å². The van der Waals surface area contributed by atoms with E-state index in [1.54, 1.807) is 9.80 Å². The normalized spacial score (nSPS) is 18.6. The fourth-order valence-corrected chi connectivity index (χ4v) is 3.09. The van der Waals surface area contributed by atoms with Crippen molar-refractivity contribution in [3.05, 3.63) is 29.8 Å². The lowest BCUT2D eigenvalue weighted by Crippen LogP contribution is -2.48. The predicted molar refractivity (Wildman–Crippen MR) is 77.5 cm³/mol. The topological polar surface area (TPSA) is 40.6 Å². The minimum absolute atomic E-state index is 0.332. The van der Waals surface area contributed by atoms with Gasteiger partial charge in [0.1, 0.15) is 0 Å². The molecular formula is C16H20N2O2. The van der Waals surface area contributed by atoms with Crippen LogP contribution in [-0.4, -0.2) is 36.3 Å². The molecule has 0 aliphatic carbocycles. The third kappa shape index (κ3) is 2.42. The molecule has 106 valence electrons. The van der Waals surface area contributed by atoms with E-state index in [9.17, 15) is 9.59 Å². The van der Waals surface area contributed by atoms with E-state index in [0.29, 0.717) is 6.54 Å². The summed E-state index contributed by atoms with van der Waals surface area (Å²) in [5, 5.41) is 0. The number of nitrogens with zero attached hydrogens (tertiary/aromatic N) is 2. The molecular weight excluding hydrogens is 252 g/mol. The first-order valence-electron chi connectivity index (χ1n) is 7.46. The van der Waals surface area contributed by atoms with Crippen molar-refractivity contribution in [1.29, 1.82) is 0 Å². The molecule has 3 rings (SSSR count). The van der Waals surface area contributed by atoms with Crippen LogP contribution in [0, 0.1) is 0 Å². The van der Waals surface area contributed by atoms with Gasteiger partial charge in [0.15, 0.2) is 0 Å². The van der Waals surface area contributed by atoms with Gasteiger partial charge in [0.05, 0.1) is 0 Å². The fraction of sp³-hybridized carbons (Fsp3) is 0.500. The second-order valence-corrected chi connectivity index (χ2v) is 5.54. The Morgan fingerprint density at radius 3 is 2.40 bits per heavy atom. The Bertz CT molecular complexity index is 521. The van der Waals surface area contributed by atoms with Crippen LogP contribution in [0.1, 0.15) is 31.2 Å². The Balaban J connectivity index is 1.79. The van der Waals surface area contributed by atoms with E-state index in [-0.39, 0.29) is 11.8 Å².